The van der Waals surface area contributed by atoms with E-state index in [2.05, 4.69) is 50.1 Å². The van der Waals surface area contributed by atoms with Crippen LogP contribution in [0, 0.1) is 6.92 Å². The van der Waals surface area contributed by atoms with Crippen molar-refractivity contribution in [3.63, 3.8) is 0 Å². The second-order valence-corrected chi connectivity index (χ2v) is 5.88. The van der Waals surface area contributed by atoms with E-state index >= 15 is 0 Å². The summed E-state index contributed by atoms with van der Waals surface area (Å²) in [5.74, 6) is 0. The normalized spacial score (nSPS) is 9.74. The monoisotopic (exact) mass is 328 g/mol. The molecule has 0 amide bonds. The third kappa shape index (κ3) is 13.2. The molecule has 1 rings (SSSR count). The third-order valence-electron chi connectivity index (χ3n) is 3.25. The van der Waals surface area contributed by atoms with Crippen molar-refractivity contribution in [1.82, 2.24) is 10.3 Å². The first-order valence-corrected chi connectivity index (χ1v) is 8.89. The van der Waals surface area contributed by atoms with E-state index in [0.717, 1.165) is 12.1 Å². The van der Waals surface area contributed by atoms with Gasteiger partial charge >= 0.3 is 0 Å². The molecule has 0 radical (unpaired) electrons. The minimum atomic E-state index is 0. The Balaban J connectivity index is -0.000000231. The summed E-state index contributed by atoms with van der Waals surface area (Å²) in [5.41, 5.74) is 2.68. The van der Waals surface area contributed by atoms with Crippen LogP contribution in [0.25, 0.3) is 0 Å². The Labute approximate surface area is 146 Å². The fraction of sp³-hybridized carbons (Fsp3) is 0.750. The molecule has 0 aliphatic rings. The van der Waals surface area contributed by atoms with Crippen LogP contribution >= 0.6 is 0 Å². The lowest BCUT2D eigenvalue weighted by atomic mass is 9.75. The van der Waals surface area contributed by atoms with Crippen molar-refractivity contribution in [2.45, 2.75) is 93.5 Å². The highest BCUT2D eigenvalue weighted by atomic mass is 16.0. The van der Waals surface area contributed by atoms with Gasteiger partial charge in [0.2, 0.25) is 0 Å². The van der Waals surface area contributed by atoms with Crippen LogP contribution in [0.3, 0.4) is 0 Å². The van der Waals surface area contributed by atoms with Crippen molar-refractivity contribution in [3.05, 3.63) is 29.6 Å². The average Bonchev–Trinajstić information content (AvgIpc) is 2.53. The molecular formula is C20H44N2O. The topological polar surface area (TPSA) is 56.4 Å². The largest absolute Gasteiger partial charge is 0.412 e. The summed E-state index contributed by atoms with van der Waals surface area (Å²) >= 11 is 0. The van der Waals surface area contributed by atoms with E-state index in [1.165, 1.54) is 5.56 Å². The second kappa shape index (κ2) is 15.9. The number of nitrogens with zero attached hydrogens (tertiary/aromatic N) is 1. The van der Waals surface area contributed by atoms with Crippen LogP contribution < -0.4 is 5.32 Å². The SMILES string of the molecule is CC.CC.CC.CNC(C)(C)CC(C)(C)c1ccc(C)nc1.O. The summed E-state index contributed by atoms with van der Waals surface area (Å²) in [6, 6.07) is 4.28. The zero-order chi connectivity index (χ0) is 18.4. The fourth-order valence-corrected chi connectivity index (χ4v) is 2.16. The van der Waals surface area contributed by atoms with Gasteiger partial charge < -0.3 is 10.8 Å². The molecule has 0 aliphatic heterocycles. The Bertz CT molecular complexity index is 343. The molecule has 0 bridgehead atoms. The quantitative estimate of drug-likeness (QED) is 0.814. The molecular weight excluding hydrogens is 284 g/mol. The minimum Gasteiger partial charge on any atom is -0.412 e. The van der Waals surface area contributed by atoms with E-state index in [4.69, 9.17) is 0 Å². The molecule has 0 aromatic carbocycles. The maximum atomic E-state index is 4.38. The van der Waals surface area contributed by atoms with Gasteiger partial charge in [-0.2, -0.15) is 0 Å². The first kappa shape index (κ1) is 30.0. The van der Waals surface area contributed by atoms with E-state index in [1.54, 1.807) is 0 Å². The summed E-state index contributed by atoms with van der Waals surface area (Å²) < 4.78 is 0. The minimum absolute atomic E-state index is 0. The molecule has 23 heavy (non-hydrogen) atoms. The highest BCUT2D eigenvalue weighted by Crippen LogP contribution is 2.31. The van der Waals surface area contributed by atoms with Crippen LogP contribution in [0.2, 0.25) is 0 Å². The lowest BCUT2D eigenvalue weighted by Gasteiger charge is -2.35. The molecule has 1 heterocycles. The summed E-state index contributed by atoms with van der Waals surface area (Å²) in [7, 11) is 2.02. The average molecular weight is 329 g/mol. The van der Waals surface area contributed by atoms with Gasteiger partial charge in [-0.05, 0) is 51.3 Å². The molecule has 0 fully saturated rings. The smallest absolute Gasteiger partial charge is 0.0372 e. The molecule has 0 unspecified atom stereocenters. The Kier molecular flexibility index (Phi) is 20.8. The third-order valence-corrected chi connectivity index (χ3v) is 3.25. The molecule has 3 nitrogen and oxygen atoms in total. The number of nitrogens with one attached hydrogen (secondary N) is 1. The first-order chi connectivity index (χ1) is 10.3. The van der Waals surface area contributed by atoms with Crippen LogP contribution in [0.5, 0.6) is 0 Å². The van der Waals surface area contributed by atoms with Gasteiger partial charge in [0, 0.05) is 17.4 Å². The molecule has 1 aromatic heterocycles. The van der Waals surface area contributed by atoms with Crippen LogP contribution in [-0.2, 0) is 5.41 Å². The maximum Gasteiger partial charge on any atom is 0.0372 e. The standard InChI is InChI=1S/C14H24N2.3C2H6.H2O/c1-11-7-8-12(9-16-11)13(2,3)10-14(4,5)15-6;3*1-2;/h7-9,15H,10H2,1-6H3;3*1-2H3;1H2. The highest BCUT2D eigenvalue weighted by molar-refractivity contribution is 5.22. The number of hydrogen-bond donors (Lipinski definition) is 1. The molecule has 3 heteroatoms. The number of pyridine rings is 1. The van der Waals surface area contributed by atoms with Gasteiger partial charge in [0.15, 0.2) is 0 Å². The first-order valence-electron chi connectivity index (χ1n) is 8.89. The lowest BCUT2D eigenvalue weighted by Crippen LogP contribution is -2.41. The summed E-state index contributed by atoms with van der Waals surface area (Å²) in [6.07, 6.45) is 3.09. The number of aromatic nitrogens is 1. The fourth-order valence-electron chi connectivity index (χ4n) is 2.16. The van der Waals surface area contributed by atoms with Crippen molar-refractivity contribution in [3.8, 4) is 0 Å². The van der Waals surface area contributed by atoms with Gasteiger partial charge in [0.05, 0.1) is 0 Å². The Morgan fingerprint density at radius 2 is 1.35 bits per heavy atom. The Morgan fingerprint density at radius 1 is 0.913 bits per heavy atom. The molecule has 0 atom stereocenters. The predicted octanol–water partition coefficient (Wildman–Crippen LogP) is 5.31. The summed E-state index contributed by atoms with van der Waals surface area (Å²) in [4.78, 5) is 4.38. The molecule has 1 aromatic rings. The molecule has 140 valence electrons. The van der Waals surface area contributed by atoms with E-state index in [1.807, 2.05) is 61.7 Å². The van der Waals surface area contributed by atoms with E-state index < -0.39 is 0 Å². The van der Waals surface area contributed by atoms with E-state index in [-0.39, 0.29) is 16.4 Å². The number of hydrogen-bond acceptors (Lipinski definition) is 2. The zero-order valence-electron chi connectivity index (χ0n) is 17.9. The van der Waals surface area contributed by atoms with Gasteiger partial charge in [0.1, 0.15) is 0 Å². The number of aryl methyl sites for hydroxylation is 1. The second-order valence-electron chi connectivity index (χ2n) is 5.88. The van der Waals surface area contributed by atoms with Gasteiger partial charge in [-0.3, -0.25) is 4.98 Å². The van der Waals surface area contributed by atoms with Crippen LogP contribution in [0.4, 0.5) is 0 Å². The zero-order valence-corrected chi connectivity index (χ0v) is 17.9. The van der Waals surface area contributed by atoms with Crippen molar-refractivity contribution < 1.29 is 5.48 Å². The van der Waals surface area contributed by atoms with Gasteiger partial charge in [-0.15, -0.1) is 0 Å². The van der Waals surface area contributed by atoms with Crippen molar-refractivity contribution in [1.29, 1.82) is 0 Å². The molecule has 0 saturated carbocycles. The Hall–Kier alpha value is -0.930. The molecule has 3 N–H and O–H groups in total. The summed E-state index contributed by atoms with van der Waals surface area (Å²) in [6.45, 7) is 23.0. The maximum absolute atomic E-state index is 4.38. The van der Waals surface area contributed by atoms with Gasteiger partial charge in [-0.25, -0.2) is 0 Å². The van der Waals surface area contributed by atoms with Crippen molar-refractivity contribution in [2.75, 3.05) is 7.05 Å². The molecule has 0 aliphatic carbocycles. The van der Waals surface area contributed by atoms with Gasteiger partial charge in [0.25, 0.3) is 0 Å². The van der Waals surface area contributed by atoms with E-state index in [9.17, 15) is 0 Å². The predicted molar refractivity (Wildman–Crippen MR) is 107 cm³/mol. The Morgan fingerprint density at radius 3 is 1.65 bits per heavy atom. The molecule has 0 spiro atoms. The highest BCUT2D eigenvalue weighted by Gasteiger charge is 2.29. The van der Waals surface area contributed by atoms with Crippen molar-refractivity contribution in [2.24, 2.45) is 0 Å². The van der Waals surface area contributed by atoms with Crippen molar-refractivity contribution >= 4 is 0 Å². The van der Waals surface area contributed by atoms with Gasteiger partial charge in [-0.1, -0.05) is 61.5 Å². The van der Waals surface area contributed by atoms with E-state index in [0.29, 0.717) is 0 Å². The summed E-state index contributed by atoms with van der Waals surface area (Å²) in [5, 5.41) is 3.36. The van der Waals surface area contributed by atoms with Crippen LogP contribution in [-0.4, -0.2) is 23.0 Å². The van der Waals surface area contributed by atoms with Crippen LogP contribution in [0.1, 0.15) is 86.9 Å². The number of rotatable bonds is 4. The molecule has 0 saturated heterocycles. The van der Waals surface area contributed by atoms with Crippen LogP contribution in [0.15, 0.2) is 18.3 Å². The lowest BCUT2D eigenvalue weighted by molar-refractivity contribution is 0.304.